The number of amides is 1. The number of hydrogen-bond donors (Lipinski definition) is 1. The highest BCUT2D eigenvalue weighted by Crippen LogP contribution is 2.35. The zero-order chi connectivity index (χ0) is 16.9. The summed E-state index contributed by atoms with van der Waals surface area (Å²) >= 11 is 0. The summed E-state index contributed by atoms with van der Waals surface area (Å²) in [5, 5.41) is 2.38. The molecule has 0 spiro atoms. The van der Waals surface area contributed by atoms with E-state index in [-0.39, 0.29) is 17.1 Å². The van der Waals surface area contributed by atoms with Gasteiger partial charge >= 0.3 is 6.18 Å². The molecule has 0 saturated carbocycles. The van der Waals surface area contributed by atoms with Gasteiger partial charge in [-0.05, 0) is 24.6 Å². The van der Waals surface area contributed by atoms with Crippen LogP contribution in [0.5, 0.6) is 5.75 Å². The number of anilines is 1. The summed E-state index contributed by atoms with van der Waals surface area (Å²) < 4.78 is 43.9. The van der Waals surface area contributed by atoms with Crippen LogP contribution in [-0.4, -0.2) is 22.5 Å². The average Bonchev–Trinajstić information content (AvgIpc) is 2.53. The van der Waals surface area contributed by atoms with Crippen LogP contribution in [0.15, 0.2) is 36.8 Å². The van der Waals surface area contributed by atoms with Crippen LogP contribution in [0.1, 0.15) is 29.4 Å². The second-order valence-electron chi connectivity index (χ2n) is 4.60. The van der Waals surface area contributed by atoms with Gasteiger partial charge in [-0.25, -0.2) is 4.98 Å². The molecule has 0 bridgehead atoms. The van der Waals surface area contributed by atoms with Gasteiger partial charge in [0.25, 0.3) is 5.91 Å². The summed E-state index contributed by atoms with van der Waals surface area (Å²) in [7, 11) is 0. The summed E-state index contributed by atoms with van der Waals surface area (Å²) in [5.41, 5.74) is -0.953. The third-order valence-electron chi connectivity index (χ3n) is 2.81. The predicted molar refractivity (Wildman–Crippen MR) is 77.2 cm³/mol. The Morgan fingerprint density at radius 3 is 2.70 bits per heavy atom. The molecule has 1 heterocycles. The number of ether oxygens (including phenoxy) is 1. The smallest absolute Gasteiger partial charge is 0.416 e. The van der Waals surface area contributed by atoms with Gasteiger partial charge < -0.3 is 10.1 Å². The van der Waals surface area contributed by atoms with Gasteiger partial charge in [0.2, 0.25) is 0 Å². The Morgan fingerprint density at radius 2 is 2.09 bits per heavy atom. The Kier molecular flexibility index (Phi) is 5.15. The number of rotatable bonds is 5. The van der Waals surface area contributed by atoms with Gasteiger partial charge in [-0.3, -0.25) is 9.78 Å². The van der Waals surface area contributed by atoms with Crippen LogP contribution < -0.4 is 10.1 Å². The molecule has 2 rings (SSSR count). The molecule has 0 saturated heterocycles. The Hall–Kier alpha value is -2.64. The van der Waals surface area contributed by atoms with E-state index in [1.165, 1.54) is 24.7 Å². The van der Waals surface area contributed by atoms with Crippen molar-refractivity contribution in [3.63, 3.8) is 0 Å². The minimum atomic E-state index is -4.52. The molecule has 8 heteroatoms. The average molecular weight is 325 g/mol. The zero-order valence-electron chi connectivity index (χ0n) is 12.2. The number of nitrogens with zero attached hydrogens (tertiary/aromatic N) is 2. The van der Waals surface area contributed by atoms with Crippen molar-refractivity contribution in [1.29, 1.82) is 0 Å². The quantitative estimate of drug-likeness (QED) is 0.913. The van der Waals surface area contributed by atoms with Crippen LogP contribution in [0.4, 0.5) is 18.9 Å². The van der Waals surface area contributed by atoms with Crippen LogP contribution in [0.25, 0.3) is 0 Å². The SMILES string of the molecule is CCCOc1ccc(C(F)(F)F)cc1NC(=O)c1cnccn1. The van der Waals surface area contributed by atoms with Crippen molar-refractivity contribution in [2.75, 3.05) is 11.9 Å². The van der Waals surface area contributed by atoms with Gasteiger partial charge in [0.1, 0.15) is 11.4 Å². The van der Waals surface area contributed by atoms with Crippen molar-refractivity contribution >= 4 is 11.6 Å². The van der Waals surface area contributed by atoms with Crippen molar-refractivity contribution in [3.8, 4) is 5.75 Å². The molecule has 0 atom stereocenters. The minimum Gasteiger partial charge on any atom is -0.491 e. The number of nitrogens with one attached hydrogen (secondary N) is 1. The monoisotopic (exact) mass is 325 g/mol. The Balaban J connectivity index is 2.31. The summed E-state index contributed by atoms with van der Waals surface area (Å²) in [6.07, 6.45) is 0.0792. The fourth-order valence-corrected chi connectivity index (χ4v) is 1.74. The number of carbonyl (C=O) groups excluding carboxylic acids is 1. The van der Waals surface area contributed by atoms with E-state index in [1.54, 1.807) is 0 Å². The first-order chi connectivity index (χ1) is 10.9. The summed E-state index contributed by atoms with van der Waals surface area (Å²) in [6, 6.07) is 2.92. The molecule has 1 aromatic heterocycles. The molecule has 1 amide bonds. The first-order valence-corrected chi connectivity index (χ1v) is 6.83. The van der Waals surface area contributed by atoms with E-state index in [0.29, 0.717) is 13.0 Å². The van der Waals surface area contributed by atoms with E-state index in [9.17, 15) is 18.0 Å². The Bertz CT molecular complexity index is 675. The lowest BCUT2D eigenvalue weighted by Gasteiger charge is -2.15. The molecule has 0 radical (unpaired) electrons. The first kappa shape index (κ1) is 16.7. The lowest BCUT2D eigenvalue weighted by molar-refractivity contribution is -0.137. The van der Waals surface area contributed by atoms with Crippen LogP contribution >= 0.6 is 0 Å². The highest BCUT2D eigenvalue weighted by Gasteiger charge is 2.31. The third-order valence-corrected chi connectivity index (χ3v) is 2.81. The van der Waals surface area contributed by atoms with E-state index in [1.807, 2.05) is 6.92 Å². The van der Waals surface area contributed by atoms with Crippen molar-refractivity contribution < 1.29 is 22.7 Å². The molecule has 122 valence electrons. The molecule has 0 unspecified atom stereocenters. The molecule has 1 N–H and O–H groups in total. The minimum absolute atomic E-state index is 0.00801. The van der Waals surface area contributed by atoms with E-state index >= 15 is 0 Å². The molecular formula is C15H14F3N3O2. The fourth-order valence-electron chi connectivity index (χ4n) is 1.74. The van der Waals surface area contributed by atoms with Gasteiger partial charge in [-0.2, -0.15) is 13.2 Å². The van der Waals surface area contributed by atoms with Gasteiger partial charge in [-0.1, -0.05) is 6.92 Å². The van der Waals surface area contributed by atoms with Crippen LogP contribution in [0.3, 0.4) is 0 Å². The van der Waals surface area contributed by atoms with Gasteiger partial charge in [0.15, 0.2) is 0 Å². The van der Waals surface area contributed by atoms with E-state index < -0.39 is 17.6 Å². The molecule has 0 aliphatic rings. The first-order valence-electron chi connectivity index (χ1n) is 6.83. The second kappa shape index (κ2) is 7.08. The zero-order valence-corrected chi connectivity index (χ0v) is 12.2. The van der Waals surface area contributed by atoms with E-state index in [0.717, 1.165) is 12.1 Å². The number of hydrogen-bond acceptors (Lipinski definition) is 4. The number of carbonyl (C=O) groups is 1. The lowest BCUT2D eigenvalue weighted by Crippen LogP contribution is -2.16. The predicted octanol–water partition coefficient (Wildman–Crippen LogP) is 3.54. The van der Waals surface area contributed by atoms with Crippen molar-refractivity contribution in [1.82, 2.24) is 9.97 Å². The molecule has 5 nitrogen and oxygen atoms in total. The molecule has 2 aromatic rings. The Labute approximate surface area is 130 Å². The fraction of sp³-hybridized carbons (Fsp3) is 0.267. The summed E-state index contributed by atoms with van der Waals surface area (Å²) in [5.74, 6) is -0.504. The third kappa shape index (κ3) is 4.41. The topological polar surface area (TPSA) is 64.1 Å². The largest absolute Gasteiger partial charge is 0.491 e. The van der Waals surface area contributed by atoms with Crippen LogP contribution in [-0.2, 0) is 6.18 Å². The molecule has 0 aliphatic heterocycles. The maximum atomic E-state index is 12.8. The summed E-state index contributed by atoms with van der Waals surface area (Å²) in [4.78, 5) is 19.6. The molecule has 1 aromatic carbocycles. The maximum Gasteiger partial charge on any atom is 0.416 e. The molecule has 0 fully saturated rings. The number of aromatic nitrogens is 2. The number of benzene rings is 1. The normalized spacial score (nSPS) is 11.1. The molecule has 0 aliphatic carbocycles. The van der Waals surface area contributed by atoms with Gasteiger partial charge in [0, 0.05) is 12.4 Å². The standard InChI is InChI=1S/C15H14F3N3O2/c1-2-7-23-13-4-3-10(15(16,17)18)8-11(13)21-14(22)12-9-19-5-6-20-12/h3-6,8-9H,2,7H2,1H3,(H,21,22). The summed E-state index contributed by atoms with van der Waals surface area (Å²) in [6.45, 7) is 2.18. The van der Waals surface area contributed by atoms with Crippen molar-refractivity contribution in [2.45, 2.75) is 19.5 Å². The highest BCUT2D eigenvalue weighted by molar-refractivity contribution is 6.03. The van der Waals surface area contributed by atoms with Gasteiger partial charge in [0.05, 0.1) is 24.1 Å². The second-order valence-corrected chi connectivity index (χ2v) is 4.60. The molecular weight excluding hydrogens is 311 g/mol. The highest BCUT2D eigenvalue weighted by atomic mass is 19.4. The lowest BCUT2D eigenvalue weighted by atomic mass is 10.1. The number of alkyl halides is 3. The van der Waals surface area contributed by atoms with Crippen molar-refractivity contribution in [3.05, 3.63) is 48.0 Å². The number of halogens is 3. The molecule has 23 heavy (non-hydrogen) atoms. The Morgan fingerprint density at radius 1 is 1.30 bits per heavy atom. The van der Waals surface area contributed by atoms with Crippen LogP contribution in [0.2, 0.25) is 0 Å². The maximum absolute atomic E-state index is 12.8. The van der Waals surface area contributed by atoms with E-state index in [2.05, 4.69) is 15.3 Å². The van der Waals surface area contributed by atoms with Crippen LogP contribution in [0, 0.1) is 0 Å². The van der Waals surface area contributed by atoms with E-state index in [4.69, 9.17) is 4.74 Å². The van der Waals surface area contributed by atoms with Crippen molar-refractivity contribution in [2.24, 2.45) is 0 Å². The van der Waals surface area contributed by atoms with Gasteiger partial charge in [-0.15, -0.1) is 0 Å².